The predicted molar refractivity (Wildman–Crippen MR) is 116 cm³/mol. The van der Waals surface area contributed by atoms with Gasteiger partial charge in [-0.1, -0.05) is 12.1 Å². The van der Waals surface area contributed by atoms with Gasteiger partial charge in [-0.25, -0.2) is 14.8 Å². The number of carbonyl (C=O) groups is 1. The topological polar surface area (TPSA) is 76.6 Å². The molecule has 0 radical (unpaired) electrons. The Bertz CT molecular complexity index is 984. The van der Waals surface area contributed by atoms with Crippen LogP contribution in [0.1, 0.15) is 17.3 Å². The van der Waals surface area contributed by atoms with Gasteiger partial charge < -0.3 is 19.7 Å². The molecule has 30 heavy (non-hydrogen) atoms. The maximum atomic E-state index is 11.8. The Morgan fingerprint density at radius 2 is 1.80 bits per heavy atom. The number of esters is 1. The van der Waals surface area contributed by atoms with Crippen LogP contribution in [-0.4, -0.2) is 48.8 Å². The van der Waals surface area contributed by atoms with Gasteiger partial charge in [0.2, 0.25) is 5.95 Å². The molecule has 0 saturated carbocycles. The SMILES string of the molecule is CCOC(=O)c1ccc(-c2ccnc(Nc3ccc(N4CCOCC4)cc3)n2)cc1. The number of nitrogens with zero attached hydrogens (tertiary/aromatic N) is 3. The summed E-state index contributed by atoms with van der Waals surface area (Å²) in [5.74, 6) is 0.190. The largest absolute Gasteiger partial charge is 0.462 e. The van der Waals surface area contributed by atoms with Crippen molar-refractivity contribution in [1.29, 1.82) is 0 Å². The molecule has 1 aliphatic rings. The first-order valence-corrected chi connectivity index (χ1v) is 10.0. The van der Waals surface area contributed by atoms with Crippen LogP contribution in [0, 0.1) is 0 Å². The smallest absolute Gasteiger partial charge is 0.338 e. The second kappa shape index (κ2) is 9.37. The van der Waals surface area contributed by atoms with E-state index in [9.17, 15) is 4.79 Å². The summed E-state index contributed by atoms with van der Waals surface area (Å²) >= 11 is 0. The molecular weight excluding hydrogens is 380 g/mol. The minimum absolute atomic E-state index is 0.324. The molecule has 0 amide bonds. The Morgan fingerprint density at radius 3 is 2.50 bits per heavy atom. The van der Waals surface area contributed by atoms with E-state index in [1.807, 2.05) is 30.3 Å². The summed E-state index contributed by atoms with van der Waals surface area (Å²) in [5.41, 5.74) is 4.29. The minimum Gasteiger partial charge on any atom is -0.462 e. The third kappa shape index (κ3) is 4.75. The van der Waals surface area contributed by atoms with E-state index in [4.69, 9.17) is 9.47 Å². The first kappa shape index (κ1) is 19.8. The first-order valence-electron chi connectivity index (χ1n) is 10.0. The van der Waals surface area contributed by atoms with E-state index in [2.05, 4.69) is 32.3 Å². The lowest BCUT2D eigenvalue weighted by Gasteiger charge is -2.28. The van der Waals surface area contributed by atoms with Gasteiger partial charge in [0.05, 0.1) is 31.1 Å². The van der Waals surface area contributed by atoms with Crippen molar-refractivity contribution >= 4 is 23.3 Å². The van der Waals surface area contributed by atoms with Crippen molar-refractivity contribution in [2.24, 2.45) is 0 Å². The molecule has 0 spiro atoms. The maximum Gasteiger partial charge on any atom is 0.338 e. The second-order valence-electron chi connectivity index (χ2n) is 6.83. The first-order chi connectivity index (χ1) is 14.7. The van der Waals surface area contributed by atoms with Crippen LogP contribution >= 0.6 is 0 Å². The Balaban J connectivity index is 1.45. The molecule has 0 atom stereocenters. The number of hydrogen-bond donors (Lipinski definition) is 1. The third-order valence-electron chi connectivity index (χ3n) is 4.85. The maximum absolute atomic E-state index is 11.8. The van der Waals surface area contributed by atoms with Gasteiger partial charge in [0, 0.05) is 36.2 Å². The van der Waals surface area contributed by atoms with Gasteiger partial charge in [-0.15, -0.1) is 0 Å². The van der Waals surface area contributed by atoms with E-state index in [-0.39, 0.29) is 5.97 Å². The summed E-state index contributed by atoms with van der Waals surface area (Å²) in [7, 11) is 0. The third-order valence-corrected chi connectivity index (χ3v) is 4.85. The fourth-order valence-electron chi connectivity index (χ4n) is 3.28. The summed E-state index contributed by atoms with van der Waals surface area (Å²) in [5, 5.41) is 3.25. The average molecular weight is 404 g/mol. The summed E-state index contributed by atoms with van der Waals surface area (Å²) in [4.78, 5) is 23.0. The van der Waals surface area contributed by atoms with Gasteiger partial charge in [0.25, 0.3) is 0 Å². The van der Waals surface area contributed by atoms with Crippen LogP contribution in [-0.2, 0) is 9.47 Å². The van der Waals surface area contributed by atoms with Crippen LogP contribution < -0.4 is 10.2 Å². The number of carbonyl (C=O) groups excluding carboxylic acids is 1. The number of nitrogens with one attached hydrogen (secondary N) is 1. The molecule has 4 rings (SSSR count). The highest BCUT2D eigenvalue weighted by Crippen LogP contribution is 2.23. The highest BCUT2D eigenvalue weighted by Gasteiger charge is 2.11. The van der Waals surface area contributed by atoms with Crippen LogP contribution in [0.2, 0.25) is 0 Å². The van der Waals surface area contributed by atoms with E-state index in [0.717, 1.165) is 43.2 Å². The van der Waals surface area contributed by atoms with Crippen molar-refractivity contribution in [2.75, 3.05) is 43.1 Å². The van der Waals surface area contributed by atoms with E-state index >= 15 is 0 Å². The molecule has 154 valence electrons. The number of rotatable bonds is 6. The van der Waals surface area contributed by atoms with Crippen molar-refractivity contribution < 1.29 is 14.3 Å². The quantitative estimate of drug-likeness (QED) is 0.625. The molecule has 1 fully saturated rings. The van der Waals surface area contributed by atoms with Gasteiger partial charge >= 0.3 is 5.97 Å². The van der Waals surface area contributed by atoms with E-state index in [1.165, 1.54) is 5.69 Å². The van der Waals surface area contributed by atoms with Crippen LogP contribution in [0.25, 0.3) is 11.3 Å². The molecule has 2 aromatic carbocycles. The normalized spacial score (nSPS) is 13.7. The fourth-order valence-corrected chi connectivity index (χ4v) is 3.28. The molecule has 3 aromatic rings. The number of benzene rings is 2. The summed E-state index contributed by atoms with van der Waals surface area (Å²) in [6.45, 7) is 5.50. The minimum atomic E-state index is -0.324. The molecule has 1 aliphatic heterocycles. The Kier molecular flexibility index (Phi) is 6.20. The standard InChI is InChI=1S/C23H24N4O3/c1-2-30-22(28)18-5-3-17(4-6-18)21-11-12-24-23(26-21)25-19-7-9-20(10-8-19)27-13-15-29-16-14-27/h3-12H,2,13-16H2,1H3,(H,24,25,26). The molecule has 7 heteroatoms. The van der Waals surface area contributed by atoms with Crippen molar-refractivity contribution in [3.63, 3.8) is 0 Å². The number of anilines is 3. The lowest BCUT2D eigenvalue weighted by Crippen LogP contribution is -2.36. The molecule has 0 aliphatic carbocycles. The summed E-state index contributed by atoms with van der Waals surface area (Å²) in [6.07, 6.45) is 1.71. The van der Waals surface area contributed by atoms with Gasteiger partial charge in [-0.2, -0.15) is 0 Å². The molecule has 0 unspecified atom stereocenters. The highest BCUT2D eigenvalue weighted by atomic mass is 16.5. The lowest BCUT2D eigenvalue weighted by atomic mass is 10.1. The molecule has 2 heterocycles. The van der Waals surface area contributed by atoms with E-state index in [0.29, 0.717) is 18.1 Å². The molecular formula is C23H24N4O3. The fraction of sp³-hybridized carbons (Fsp3) is 0.261. The van der Waals surface area contributed by atoms with Gasteiger partial charge in [-0.3, -0.25) is 0 Å². The molecule has 1 saturated heterocycles. The van der Waals surface area contributed by atoms with Crippen LogP contribution in [0.5, 0.6) is 0 Å². The lowest BCUT2D eigenvalue weighted by molar-refractivity contribution is 0.0526. The van der Waals surface area contributed by atoms with Crippen molar-refractivity contribution in [3.8, 4) is 11.3 Å². The Labute approximate surface area is 175 Å². The zero-order chi connectivity index (χ0) is 20.8. The van der Waals surface area contributed by atoms with E-state index in [1.54, 1.807) is 25.3 Å². The van der Waals surface area contributed by atoms with Gasteiger partial charge in [-0.05, 0) is 49.4 Å². The predicted octanol–water partition coefficient (Wildman–Crippen LogP) is 3.90. The van der Waals surface area contributed by atoms with E-state index < -0.39 is 0 Å². The molecule has 0 bridgehead atoms. The summed E-state index contributed by atoms with van der Waals surface area (Å²) in [6, 6.07) is 17.3. The monoisotopic (exact) mass is 404 g/mol. The van der Waals surface area contributed by atoms with Gasteiger partial charge in [0.1, 0.15) is 0 Å². The molecule has 7 nitrogen and oxygen atoms in total. The molecule has 1 N–H and O–H groups in total. The van der Waals surface area contributed by atoms with Crippen LogP contribution in [0.15, 0.2) is 60.8 Å². The Hall–Kier alpha value is -3.45. The number of hydrogen-bond acceptors (Lipinski definition) is 7. The van der Waals surface area contributed by atoms with Gasteiger partial charge in [0.15, 0.2) is 0 Å². The average Bonchev–Trinajstić information content (AvgIpc) is 2.81. The van der Waals surface area contributed by atoms with Crippen molar-refractivity contribution in [3.05, 3.63) is 66.4 Å². The number of morpholine rings is 1. The Morgan fingerprint density at radius 1 is 1.07 bits per heavy atom. The van der Waals surface area contributed by atoms with Crippen molar-refractivity contribution in [1.82, 2.24) is 9.97 Å². The summed E-state index contributed by atoms with van der Waals surface area (Å²) < 4.78 is 10.4. The number of ether oxygens (including phenoxy) is 2. The highest BCUT2D eigenvalue weighted by molar-refractivity contribution is 5.90. The van der Waals surface area contributed by atoms with Crippen LogP contribution in [0.3, 0.4) is 0 Å². The second-order valence-corrected chi connectivity index (χ2v) is 6.83. The number of aromatic nitrogens is 2. The van der Waals surface area contributed by atoms with Crippen LogP contribution in [0.4, 0.5) is 17.3 Å². The van der Waals surface area contributed by atoms with Crippen molar-refractivity contribution in [2.45, 2.75) is 6.92 Å². The zero-order valence-electron chi connectivity index (χ0n) is 16.9. The zero-order valence-corrected chi connectivity index (χ0v) is 16.9. The molecule has 1 aromatic heterocycles.